The molecule has 0 saturated carbocycles. The van der Waals surface area contributed by atoms with Crippen LogP contribution in [0.4, 0.5) is 4.39 Å². The van der Waals surface area contributed by atoms with Gasteiger partial charge in [-0.1, -0.05) is 13.8 Å². The zero-order valence-electron chi connectivity index (χ0n) is 10.4. The fraction of sp³-hybridized carbons (Fsp3) is 0.385. The topological polar surface area (TPSA) is 55.1 Å². The van der Waals surface area contributed by atoms with E-state index in [1.165, 1.54) is 12.1 Å². The lowest BCUT2D eigenvalue weighted by Crippen LogP contribution is -2.06. The van der Waals surface area contributed by atoms with Crippen molar-refractivity contribution in [3.05, 3.63) is 29.6 Å². The number of benzene rings is 1. The maximum Gasteiger partial charge on any atom is 0.335 e. The van der Waals surface area contributed by atoms with Gasteiger partial charge in [0.1, 0.15) is 12.5 Å². The fourth-order valence-electron chi connectivity index (χ4n) is 2.04. The van der Waals surface area contributed by atoms with Gasteiger partial charge in [-0.05, 0) is 18.2 Å². The minimum absolute atomic E-state index is 0.164. The summed E-state index contributed by atoms with van der Waals surface area (Å²) < 4.78 is 14.4. The number of aryl methyl sites for hydroxylation is 1. The molecule has 0 fully saturated rings. The quantitative estimate of drug-likeness (QED) is 0.907. The summed E-state index contributed by atoms with van der Waals surface area (Å²) in [6.45, 7) is 3.74. The molecular weight excluding hydrogens is 235 g/mol. The lowest BCUT2D eigenvalue weighted by atomic mass is 10.2. The molecule has 1 N–H and O–H groups in total. The summed E-state index contributed by atoms with van der Waals surface area (Å²) in [5, 5.41) is 8.94. The molecule has 0 aliphatic rings. The molecule has 1 heterocycles. The van der Waals surface area contributed by atoms with Gasteiger partial charge in [0.05, 0.1) is 23.1 Å². The fourth-order valence-corrected chi connectivity index (χ4v) is 2.04. The molecule has 96 valence electrons. The molecule has 0 saturated heterocycles. The lowest BCUT2D eigenvalue weighted by Gasteiger charge is -2.08. The van der Waals surface area contributed by atoms with Crippen molar-refractivity contribution in [1.82, 2.24) is 9.55 Å². The SMILES string of the molecule is CC(C)c1nc2cc(C(=O)O)ccc2n1CCF. The van der Waals surface area contributed by atoms with E-state index >= 15 is 0 Å². The average Bonchev–Trinajstić information content (AvgIpc) is 2.68. The molecule has 1 aromatic carbocycles. The third kappa shape index (κ3) is 2.08. The Kier molecular flexibility index (Phi) is 3.32. The van der Waals surface area contributed by atoms with Gasteiger partial charge in [-0.2, -0.15) is 0 Å². The first-order chi connectivity index (χ1) is 8.54. The van der Waals surface area contributed by atoms with Gasteiger partial charge in [0.15, 0.2) is 0 Å². The Hall–Kier alpha value is -1.91. The van der Waals surface area contributed by atoms with E-state index in [1.807, 2.05) is 18.4 Å². The number of aromatic nitrogens is 2. The van der Waals surface area contributed by atoms with Gasteiger partial charge in [0.25, 0.3) is 0 Å². The standard InChI is InChI=1S/C13H15FN2O2/c1-8(2)12-15-10-7-9(13(17)18)3-4-11(10)16(12)6-5-14/h3-4,7-8H,5-6H2,1-2H3,(H,17,18). The van der Waals surface area contributed by atoms with E-state index in [9.17, 15) is 9.18 Å². The Labute approximate surface area is 104 Å². The molecule has 0 radical (unpaired) electrons. The maximum atomic E-state index is 12.6. The molecule has 0 atom stereocenters. The molecular formula is C13H15FN2O2. The highest BCUT2D eigenvalue weighted by Gasteiger charge is 2.15. The first-order valence-corrected chi connectivity index (χ1v) is 5.84. The van der Waals surface area contributed by atoms with Crippen LogP contribution >= 0.6 is 0 Å². The summed E-state index contributed by atoms with van der Waals surface area (Å²) in [6.07, 6.45) is 0. The highest BCUT2D eigenvalue weighted by Crippen LogP contribution is 2.23. The number of halogens is 1. The predicted molar refractivity (Wildman–Crippen MR) is 66.8 cm³/mol. The molecule has 18 heavy (non-hydrogen) atoms. The first kappa shape index (κ1) is 12.5. The van der Waals surface area contributed by atoms with Gasteiger partial charge in [-0.3, -0.25) is 0 Å². The van der Waals surface area contributed by atoms with Crippen LogP contribution in [-0.4, -0.2) is 27.3 Å². The zero-order chi connectivity index (χ0) is 13.3. The van der Waals surface area contributed by atoms with Crippen LogP contribution < -0.4 is 0 Å². The summed E-state index contributed by atoms with van der Waals surface area (Å²) in [7, 11) is 0. The number of nitrogens with zero attached hydrogens (tertiary/aromatic N) is 2. The normalized spacial score (nSPS) is 11.3. The van der Waals surface area contributed by atoms with E-state index in [4.69, 9.17) is 5.11 Å². The van der Waals surface area contributed by atoms with Crippen molar-refractivity contribution in [2.45, 2.75) is 26.3 Å². The molecule has 2 aromatic rings. The number of rotatable bonds is 4. The van der Waals surface area contributed by atoms with Crippen LogP contribution in [0.5, 0.6) is 0 Å². The van der Waals surface area contributed by atoms with Gasteiger partial charge in [-0.15, -0.1) is 0 Å². The van der Waals surface area contributed by atoms with E-state index in [-0.39, 0.29) is 18.0 Å². The molecule has 1 aromatic heterocycles. The molecule has 5 heteroatoms. The number of hydrogen-bond donors (Lipinski definition) is 1. The van der Waals surface area contributed by atoms with E-state index in [2.05, 4.69) is 4.98 Å². The zero-order valence-corrected chi connectivity index (χ0v) is 10.4. The number of carboxylic acid groups (broad SMARTS) is 1. The summed E-state index contributed by atoms with van der Waals surface area (Å²) in [5.74, 6) is -0.0366. The van der Waals surface area contributed by atoms with Crippen LogP contribution in [0.3, 0.4) is 0 Å². The van der Waals surface area contributed by atoms with Crippen molar-refractivity contribution in [2.75, 3.05) is 6.67 Å². The van der Waals surface area contributed by atoms with Crippen molar-refractivity contribution >= 4 is 17.0 Å². The van der Waals surface area contributed by atoms with Gasteiger partial charge >= 0.3 is 5.97 Å². The average molecular weight is 250 g/mol. The first-order valence-electron chi connectivity index (χ1n) is 5.84. The van der Waals surface area contributed by atoms with Crippen LogP contribution in [0.15, 0.2) is 18.2 Å². The Morgan fingerprint density at radius 1 is 1.50 bits per heavy atom. The molecule has 4 nitrogen and oxygen atoms in total. The molecule has 0 aliphatic carbocycles. The van der Waals surface area contributed by atoms with Crippen molar-refractivity contribution in [3.8, 4) is 0 Å². The summed E-state index contributed by atoms with van der Waals surface area (Å²) in [4.78, 5) is 15.3. The molecule has 0 bridgehead atoms. The van der Waals surface area contributed by atoms with Crippen LogP contribution in [0.1, 0.15) is 35.9 Å². The Morgan fingerprint density at radius 3 is 2.78 bits per heavy atom. The smallest absolute Gasteiger partial charge is 0.335 e. The second-order valence-corrected chi connectivity index (χ2v) is 4.47. The van der Waals surface area contributed by atoms with Crippen molar-refractivity contribution < 1.29 is 14.3 Å². The number of aromatic carboxylic acids is 1. The van der Waals surface area contributed by atoms with Crippen LogP contribution in [0.2, 0.25) is 0 Å². The van der Waals surface area contributed by atoms with Crippen molar-refractivity contribution in [2.24, 2.45) is 0 Å². The summed E-state index contributed by atoms with van der Waals surface area (Å²) in [6, 6.07) is 4.73. The largest absolute Gasteiger partial charge is 0.478 e. The number of imidazole rings is 1. The maximum absolute atomic E-state index is 12.6. The van der Waals surface area contributed by atoms with Gasteiger partial charge in [-0.25, -0.2) is 14.2 Å². The lowest BCUT2D eigenvalue weighted by molar-refractivity contribution is 0.0697. The van der Waals surface area contributed by atoms with Crippen LogP contribution in [-0.2, 0) is 6.54 Å². The molecule has 0 spiro atoms. The van der Waals surface area contributed by atoms with Crippen molar-refractivity contribution in [3.63, 3.8) is 0 Å². The minimum atomic E-state index is -0.983. The van der Waals surface area contributed by atoms with Crippen molar-refractivity contribution in [1.29, 1.82) is 0 Å². The second kappa shape index (κ2) is 4.76. The third-order valence-corrected chi connectivity index (χ3v) is 2.85. The van der Waals surface area contributed by atoms with E-state index < -0.39 is 12.6 Å². The minimum Gasteiger partial charge on any atom is -0.478 e. The third-order valence-electron chi connectivity index (χ3n) is 2.85. The second-order valence-electron chi connectivity index (χ2n) is 4.47. The Bertz CT molecular complexity index is 590. The number of hydrogen-bond acceptors (Lipinski definition) is 2. The Morgan fingerprint density at radius 2 is 2.22 bits per heavy atom. The molecule has 0 aliphatic heterocycles. The van der Waals surface area contributed by atoms with E-state index in [0.717, 1.165) is 11.3 Å². The monoisotopic (exact) mass is 250 g/mol. The highest BCUT2D eigenvalue weighted by atomic mass is 19.1. The predicted octanol–water partition coefficient (Wildman–Crippen LogP) is 2.83. The molecule has 0 amide bonds. The number of alkyl halides is 1. The van der Waals surface area contributed by atoms with E-state index in [0.29, 0.717) is 5.52 Å². The van der Waals surface area contributed by atoms with Crippen LogP contribution in [0.25, 0.3) is 11.0 Å². The molecule has 2 rings (SSSR count). The van der Waals surface area contributed by atoms with Crippen LogP contribution in [0, 0.1) is 0 Å². The van der Waals surface area contributed by atoms with E-state index in [1.54, 1.807) is 6.07 Å². The van der Waals surface area contributed by atoms with Gasteiger partial charge in [0, 0.05) is 5.92 Å². The number of carboxylic acids is 1. The summed E-state index contributed by atoms with van der Waals surface area (Å²) in [5.41, 5.74) is 1.58. The van der Waals surface area contributed by atoms with Gasteiger partial charge < -0.3 is 9.67 Å². The number of fused-ring (bicyclic) bond motifs is 1. The summed E-state index contributed by atoms with van der Waals surface area (Å²) >= 11 is 0. The Balaban J connectivity index is 2.64. The van der Waals surface area contributed by atoms with Gasteiger partial charge in [0.2, 0.25) is 0 Å². The molecule has 0 unspecified atom stereocenters. The highest BCUT2D eigenvalue weighted by molar-refractivity contribution is 5.92. The number of carbonyl (C=O) groups is 1.